The molecule has 1 saturated carbocycles. The summed E-state index contributed by atoms with van der Waals surface area (Å²) in [6, 6.07) is 6.10. The zero-order valence-electron chi connectivity index (χ0n) is 16.0. The molecular weight excluding hydrogens is 338 g/mol. The first-order valence-electron chi connectivity index (χ1n) is 10.1. The molecule has 2 fully saturated rings. The summed E-state index contributed by atoms with van der Waals surface area (Å²) < 4.78 is 2.04. The average molecular weight is 365 g/mol. The van der Waals surface area contributed by atoms with Crippen LogP contribution in [0.1, 0.15) is 47.4 Å². The zero-order chi connectivity index (χ0) is 18.4. The lowest BCUT2D eigenvalue weighted by atomic mass is 9.72. The summed E-state index contributed by atoms with van der Waals surface area (Å²) in [5, 5.41) is 4.94. The number of nitrogens with zero attached hydrogens (tertiary/aromatic N) is 5. The van der Waals surface area contributed by atoms with E-state index in [4.69, 9.17) is 5.10 Å². The van der Waals surface area contributed by atoms with Crippen molar-refractivity contribution < 1.29 is 4.79 Å². The van der Waals surface area contributed by atoms with E-state index < -0.39 is 0 Å². The molecule has 6 nitrogen and oxygen atoms in total. The van der Waals surface area contributed by atoms with Crippen molar-refractivity contribution in [2.75, 3.05) is 26.7 Å². The predicted molar refractivity (Wildman–Crippen MR) is 102 cm³/mol. The summed E-state index contributed by atoms with van der Waals surface area (Å²) in [5.74, 6) is 0.893. The summed E-state index contributed by atoms with van der Waals surface area (Å²) in [6.45, 7) is 4.69. The first-order valence-corrected chi connectivity index (χ1v) is 10.1. The van der Waals surface area contributed by atoms with Gasteiger partial charge in [0.25, 0.3) is 5.91 Å². The molecule has 2 aromatic rings. The van der Waals surface area contributed by atoms with Gasteiger partial charge in [0.1, 0.15) is 0 Å². The number of hydrogen-bond donors (Lipinski definition) is 0. The molecule has 1 aliphatic carbocycles. The fourth-order valence-electron chi connectivity index (χ4n) is 4.69. The number of carbonyl (C=O) groups excluding carboxylic acids is 1. The fraction of sp³-hybridized carbons (Fsp3) is 0.571. The minimum Gasteiger partial charge on any atom is -0.341 e. The first-order chi connectivity index (χ1) is 13.1. The minimum absolute atomic E-state index is 0.00735. The molecule has 3 aliphatic rings. The highest BCUT2D eigenvalue weighted by atomic mass is 16.2. The lowest BCUT2D eigenvalue weighted by Gasteiger charge is -2.45. The van der Waals surface area contributed by atoms with Gasteiger partial charge in [-0.25, -0.2) is 0 Å². The van der Waals surface area contributed by atoms with Gasteiger partial charge in [0.2, 0.25) is 0 Å². The summed E-state index contributed by atoms with van der Waals surface area (Å²) in [7, 11) is 1.94. The highest BCUT2D eigenvalue weighted by molar-refractivity contribution is 5.96. The number of amides is 1. The number of likely N-dealkylation sites (tertiary alicyclic amines) is 1. The highest BCUT2D eigenvalue weighted by Crippen LogP contribution is 2.41. The molecule has 1 saturated heterocycles. The molecular formula is C21H27N5O. The van der Waals surface area contributed by atoms with Crippen LogP contribution in [0, 0.1) is 5.92 Å². The third kappa shape index (κ3) is 3.16. The normalized spacial score (nSPS) is 22.3. The van der Waals surface area contributed by atoms with Gasteiger partial charge in [0.05, 0.1) is 17.0 Å². The van der Waals surface area contributed by atoms with Crippen molar-refractivity contribution in [3.8, 4) is 0 Å². The molecule has 6 heteroatoms. The maximum atomic E-state index is 12.7. The molecule has 1 spiro atoms. The van der Waals surface area contributed by atoms with Crippen molar-refractivity contribution in [1.82, 2.24) is 24.6 Å². The second kappa shape index (κ2) is 6.44. The molecule has 5 rings (SSSR count). The number of aromatic nitrogens is 3. The van der Waals surface area contributed by atoms with Gasteiger partial charge in [0, 0.05) is 44.5 Å². The van der Waals surface area contributed by atoms with E-state index in [9.17, 15) is 4.79 Å². The molecule has 0 aromatic carbocycles. The molecule has 27 heavy (non-hydrogen) atoms. The van der Waals surface area contributed by atoms with Crippen LogP contribution in [-0.2, 0) is 18.5 Å². The number of carbonyl (C=O) groups is 1. The summed E-state index contributed by atoms with van der Waals surface area (Å²) in [4.78, 5) is 21.6. The van der Waals surface area contributed by atoms with E-state index in [2.05, 4.69) is 16.0 Å². The van der Waals surface area contributed by atoms with Crippen LogP contribution < -0.4 is 0 Å². The van der Waals surface area contributed by atoms with Crippen molar-refractivity contribution in [2.24, 2.45) is 5.92 Å². The van der Waals surface area contributed by atoms with Crippen LogP contribution in [0.3, 0.4) is 0 Å². The van der Waals surface area contributed by atoms with Crippen LogP contribution in [0.15, 0.2) is 30.6 Å². The van der Waals surface area contributed by atoms with E-state index in [1.807, 2.05) is 41.2 Å². The van der Waals surface area contributed by atoms with Crippen molar-refractivity contribution in [1.29, 1.82) is 0 Å². The number of rotatable bonds is 4. The molecule has 0 unspecified atom stereocenters. The van der Waals surface area contributed by atoms with Gasteiger partial charge in [-0.3, -0.25) is 19.4 Å². The minimum atomic E-state index is 0.00735. The van der Waals surface area contributed by atoms with E-state index in [1.165, 1.54) is 12.8 Å². The molecule has 4 heterocycles. The van der Waals surface area contributed by atoms with Gasteiger partial charge < -0.3 is 4.90 Å². The smallest absolute Gasteiger partial charge is 0.257 e. The third-order valence-electron chi connectivity index (χ3n) is 6.45. The van der Waals surface area contributed by atoms with Gasteiger partial charge in [-0.05, 0) is 56.8 Å². The lowest BCUT2D eigenvalue weighted by molar-refractivity contribution is 0.0627. The highest BCUT2D eigenvalue weighted by Gasteiger charge is 2.46. The van der Waals surface area contributed by atoms with E-state index in [0.29, 0.717) is 0 Å². The molecule has 1 amide bonds. The second-order valence-electron chi connectivity index (χ2n) is 8.60. The molecule has 0 radical (unpaired) electrons. The Morgan fingerprint density at radius 1 is 1.22 bits per heavy atom. The average Bonchev–Trinajstić information content (AvgIpc) is 3.38. The standard InChI is InChI=1S/C21H27N5O/c1-24-15-21(7-10-25(11-8-21)13-17-4-2-3-9-22-17)19-18(20(24)27)14-26(23-19)12-16-5-6-16/h2-4,9,14,16H,5-8,10-13,15H2,1H3. The Kier molecular flexibility index (Phi) is 4.04. The zero-order valence-corrected chi connectivity index (χ0v) is 16.0. The SMILES string of the molecule is CN1CC2(CCN(Cc3ccccn3)CC2)c2nn(CC3CC3)cc2C1=O. The molecule has 0 N–H and O–H groups in total. The summed E-state index contributed by atoms with van der Waals surface area (Å²) in [6.07, 6.45) is 8.56. The Morgan fingerprint density at radius 3 is 2.74 bits per heavy atom. The van der Waals surface area contributed by atoms with Crippen molar-refractivity contribution in [2.45, 2.75) is 44.2 Å². The van der Waals surface area contributed by atoms with Gasteiger partial charge in [-0.1, -0.05) is 6.07 Å². The maximum absolute atomic E-state index is 12.7. The second-order valence-corrected chi connectivity index (χ2v) is 8.60. The van der Waals surface area contributed by atoms with Crippen molar-refractivity contribution in [3.63, 3.8) is 0 Å². The predicted octanol–water partition coefficient (Wildman–Crippen LogP) is 2.31. The number of pyridine rings is 1. The number of likely N-dealkylation sites (N-methyl/N-ethyl adjacent to an activating group) is 1. The van der Waals surface area contributed by atoms with E-state index in [1.54, 1.807) is 0 Å². The maximum Gasteiger partial charge on any atom is 0.257 e. The monoisotopic (exact) mass is 365 g/mol. The van der Waals surface area contributed by atoms with Crippen LogP contribution >= 0.6 is 0 Å². The molecule has 142 valence electrons. The third-order valence-corrected chi connectivity index (χ3v) is 6.45. The Morgan fingerprint density at radius 2 is 2.04 bits per heavy atom. The van der Waals surface area contributed by atoms with E-state index >= 15 is 0 Å². The largest absolute Gasteiger partial charge is 0.341 e. The first kappa shape index (κ1) is 16.9. The van der Waals surface area contributed by atoms with E-state index in [0.717, 1.165) is 68.4 Å². The van der Waals surface area contributed by atoms with E-state index in [-0.39, 0.29) is 11.3 Å². The quantitative estimate of drug-likeness (QED) is 0.834. The van der Waals surface area contributed by atoms with Crippen LogP contribution in [0.4, 0.5) is 0 Å². The van der Waals surface area contributed by atoms with Crippen molar-refractivity contribution in [3.05, 3.63) is 47.5 Å². The Labute approximate surface area is 160 Å². The van der Waals surface area contributed by atoms with Crippen molar-refractivity contribution >= 4 is 5.91 Å². The lowest BCUT2D eigenvalue weighted by Crippen LogP contribution is -2.53. The van der Waals surface area contributed by atoms with Crippen LogP contribution in [0.5, 0.6) is 0 Å². The summed E-state index contributed by atoms with van der Waals surface area (Å²) in [5.41, 5.74) is 3.03. The van der Waals surface area contributed by atoms with Crippen LogP contribution in [0.25, 0.3) is 0 Å². The van der Waals surface area contributed by atoms with Gasteiger partial charge in [0.15, 0.2) is 0 Å². The molecule has 2 aromatic heterocycles. The Hall–Kier alpha value is -2.21. The number of hydrogen-bond acceptors (Lipinski definition) is 4. The van der Waals surface area contributed by atoms with Gasteiger partial charge in [-0.15, -0.1) is 0 Å². The van der Waals surface area contributed by atoms with Crippen LogP contribution in [-0.4, -0.2) is 57.2 Å². The molecule has 0 bridgehead atoms. The molecule has 0 atom stereocenters. The number of piperidine rings is 1. The summed E-state index contributed by atoms with van der Waals surface area (Å²) >= 11 is 0. The Balaban J connectivity index is 1.36. The topological polar surface area (TPSA) is 54.3 Å². The van der Waals surface area contributed by atoms with Gasteiger partial charge in [-0.2, -0.15) is 5.10 Å². The molecule has 2 aliphatic heterocycles. The number of fused-ring (bicyclic) bond motifs is 2. The van der Waals surface area contributed by atoms with Gasteiger partial charge >= 0.3 is 0 Å². The van der Waals surface area contributed by atoms with Crippen LogP contribution in [0.2, 0.25) is 0 Å². The Bertz CT molecular complexity index is 834. The fourth-order valence-corrected chi connectivity index (χ4v) is 4.69.